The van der Waals surface area contributed by atoms with Gasteiger partial charge in [0.1, 0.15) is 24.5 Å². The molecule has 148 valence electrons. The number of tetrazole rings is 1. The molecule has 0 bridgehead atoms. The minimum absolute atomic E-state index is 0.523. The second kappa shape index (κ2) is 7.54. The van der Waals surface area contributed by atoms with E-state index in [0.717, 1.165) is 60.0 Å². The van der Waals surface area contributed by atoms with E-state index in [-0.39, 0.29) is 0 Å². The average Bonchev–Trinajstić information content (AvgIpc) is 3.34. The molecule has 0 saturated carbocycles. The SMILES string of the molecule is Cc1sc2nc(C[NH+]3CCOCC3)nc(-n3nnc(-c4cccnc4)n3)c2c1C. The predicted octanol–water partition coefficient (Wildman–Crippen LogP) is 0.761. The number of nitrogens with zero attached hydrogens (tertiary/aromatic N) is 7. The summed E-state index contributed by atoms with van der Waals surface area (Å²) in [4.78, 5) is 19.0. The Balaban J connectivity index is 1.59. The fourth-order valence-corrected chi connectivity index (χ4v) is 4.51. The van der Waals surface area contributed by atoms with E-state index in [1.54, 1.807) is 23.7 Å². The minimum Gasteiger partial charge on any atom is -0.370 e. The number of fused-ring (bicyclic) bond motifs is 1. The zero-order chi connectivity index (χ0) is 19.8. The van der Waals surface area contributed by atoms with E-state index >= 15 is 0 Å². The van der Waals surface area contributed by atoms with Crippen LogP contribution in [0.15, 0.2) is 24.5 Å². The third-order valence-electron chi connectivity index (χ3n) is 5.19. The zero-order valence-corrected chi connectivity index (χ0v) is 17.1. The molecule has 5 rings (SSSR count). The molecule has 0 aliphatic carbocycles. The van der Waals surface area contributed by atoms with Gasteiger partial charge in [0.15, 0.2) is 11.6 Å². The average molecular weight is 409 g/mol. The number of rotatable bonds is 4. The summed E-state index contributed by atoms with van der Waals surface area (Å²) >= 11 is 1.68. The maximum Gasteiger partial charge on any atom is 0.206 e. The van der Waals surface area contributed by atoms with Gasteiger partial charge in [0.25, 0.3) is 0 Å². The van der Waals surface area contributed by atoms with E-state index in [1.807, 2.05) is 12.1 Å². The first-order valence-corrected chi connectivity index (χ1v) is 10.4. The van der Waals surface area contributed by atoms with Gasteiger partial charge in [-0.2, -0.15) is 0 Å². The monoisotopic (exact) mass is 409 g/mol. The summed E-state index contributed by atoms with van der Waals surface area (Å²) in [7, 11) is 0. The lowest BCUT2D eigenvalue weighted by molar-refractivity contribution is -0.922. The van der Waals surface area contributed by atoms with Crippen molar-refractivity contribution in [3.63, 3.8) is 0 Å². The summed E-state index contributed by atoms with van der Waals surface area (Å²) in [6.07, 6.45) is 3.45. The first-order chi connectivity index (χ1) is 14.2. The van der Waals surface area contributed by atoms with Gasteiger partial charge in [-0.05, 0) is 36.8 Å². The van der Waals surface area contributed by atoms with E-state index in [4.69, 9.17) is 14.7 Å². The van der Waals surface area contributed by atoms with Gasteiger partial charge in [-0.1, -0.05) is 0 Å². The van der Waals surface area contributed by atoms with E-state index < -0.39 is 0 Å². The Hall–Kier alpha value is -2.82. The van der Waals surface area contributed by atoms with Crippen LogP contribution in [0.2, 0.25) is 0 Å². The van der Waals surface area contributed by atoms with Gasteiger partial charge < -0.3 is 9.64 Å². The fraction of sp³-hybridized carbons (Fsp3) is 0.368. The summed E-state index contributed by atoms with van der Waals surface area (Å²) < 4.78 is 5.47. The van der Waals surface area contributed by atoms with E-state index in [9.17, 15) is 0 Å². The van der Waals surface area contributed by atoms with Crippen molar-refractivity contribution < 1.29 is 9.64 Å². The summed E-state index contributed by atoms with van der Waals surface area (Å²) in [6, 6.07) is 3.77. The quantitative estimate of drug-likeness (QED) is 0.532. The second-order valence-corrected chi connectivity index (χ2v) is 8.31. The zero-order valence-electron chi connectivity index (χ0n) is 16.3. The van der Waals surface area contributed by atoms with Crippen LogP contribution in [0.4, 0.5) is 0 Å². The summed E-state index contributed by atoms with van der Waals surface area (Å²) in [5.41, 5.74) is 1.98. The normalized spacial score (nSPS) is 15.2. The Labute approximate surface area is 171 Å². The highest BCUT2D eigenvalue weighted by molar-refractivity contribution is 7.18. The van der Waals surface area contributed by atoms with Gasteiger partial charge in [-0.15, -0.1) is 26.3 Å². The molecule has 29 heavy (non-hydrogen) atoms. The largest absolute Gasteiger partial charge is 0.370 e. The molecule has 1 aliphatic heterocycles. The number of hydrogen-bond acceptors (Lipinski definition) is 8. The summed E-state index contributed by atoms with van der Waals surface area (Å²) in [5, 5.41) is 14.1. The van der Waals surface area contributed by atoms with Crippen LogP contribution >= 0.6 is 11.3 Å². The van der Waals surface area contributed by atoms with Crippen molar-refractivity contribution in [1.29, 1.82) is 0 Å². The molecule has 0 aromatic carbocycles. The predicted molar refractivity (Wildman–Crippen MR) is 108 cm³/mol. The van der Waals surface area contributed by atoms with Crippen molar-refractivity contribution in [3.05, 3.63) is 40.8 Å². The molecular formula is C19H21N8OS+. The molecule has 1 fully saturated rings. The lowest BCUT2D eigenvalue weighted by atomic mass is 10.2. The summed E-state index contributed by atoms with van der Waals surface area (Å²) in [5.74, 6) is 2.00. The number of nitrogens with one attached hydrogen (secondary N) is 1. The van der Waals surface area contributed by atoms with Crippen molar-refractivity contribution in [2.24, 2.45) is 0 Å². The smallest absolute Gasteiger partial charge is 0.206 e. The minimum atomic E-state index is 0.523. The standard InChI is InChI=1S/C19H20N8OS/c1-12-13(2)29-19-16(12)18(21-15(22-19)11-26-6-8-28-9-7-26)27-24-17(23-25-27)14-4-3-5-20-10-14/h3-5,10H,6-9,11H2,1-2H3/p+1. The Morgan fingerprint density at radius 3 is 2.86 bits per heavy atom. The van der Waals surface area contributed by atoms with Crippen molar-refractivity contribution in [3.8, 4) is 17.2 Å². The van der Waals surface area contributed by atoms with E-state index in [1.165, 1.54) is 14.6 Å². The Bertz CT molecular complexity index is 1150. The Morgan fingerprint density at radius 2 is 2.07 bits per heavy atom. The van der Waals surface area contributed by atoms with Crippen LogP contribution in [0.5, 0.6) is 0 Å². The molecular weight excluding hydrogens is 388 g/mol. The second-order valence-electron chi connectivity index (χ2n) is 7.11. The highest BCUT2D eigenvalue weighted by Crippen LogP contribution is 2.32. The number of aryl methyl sites for hydroxylation is 2. The van der Waals surface area contributed by atoms with Gasteiger partial charge in [-0.3, -0.25) is 4.98 Å². The molecule has 0 amide bonds. The van der Waals surface area contributed by atoms with Crippen LogP contribution in [0.25, 0.3) is 27.4 Å². The lowest BCUT2D eigenvalue weighted by Crippen LogP contribution is -3.12. The number of aromatic nitrogens is 7. The van der Waals surface area contributed by atoms with Crippen LogP contribution < -0.4 is 4.90 Å². The van der Waals surface area contributed by atoms with Gasteiger partial charge in [0.2, 0.25) is 5.82 Å². The third-order valence-corrected chi connectivity index (χ3v) is 6.29. The molecule has 1 saturated heterocycles. The van der Waals surface area contributed by atoms with Crippen LogP contribution in [0.1, 0.15) is 16.3 Å². The van der Waals surface area contributed by atoms with E-state index in [2.05, 4.69) is 34.2 Å². The number of hydrogen-bond donors (Lipinski definition) is 1. The molecule has 4 aromatic heterocycles. The molecule has 1 N–H and O–H groups in total. The first kappa shape index (κ1) is 18.2. The van der Waals surface area contributed by atoms with Gasteiger partial charge in [0.05, 0.1) is 18.6 Å². The first-order valence-electron chi connectivity index (χ1n) is 9.58. The Kier molecular flexibility index (Phi) is 4.74. The molecule has 5 heterocycles. The lowest BCUT2D eigenvalue weighted by Gasteiger charge is -2.23. The third kappa shape index (κ3) is 3.50. The molecule has 4 aromatic rings. The molecule has 9 nitrogen and oxygen atoms in total. The number of thiophene rings is 1. The molecule has 0 radical (unpaired) electrons. The maximum atomic E-state index is 5.47. The van der Waals surface area contributed by atoms with Crippen LogP contribution in [0, 0.1) is 13.8 Å². The molecule has 10 heteroatoms. The van der Waals surface area contributed by atoms with Gasteiger partial charge in [-0.25, -0.2) is 9.97 Å². The number of quaternary nitrogens is 1. The van der Waals surface area contributed by atoms with Gasteiger partial charge in [0, 0.05) is 22.8 Å². The highest BCUT2D eigenvalue weighted by atomic mass is 32.1. The van der Waals surface area contributed by atoms with Crippen LogP contribution in [0.3, 0.4) is 0 Å². The highest BCUT2D eigenvalue weighted by Gasteiger charge is 2.22. The number of ether oxygens (including phenoxy) is 1. The van der Waals surface area contributed by atoms with E-state index in [0.29, 0.717) is 11.6 Å². The molecule has 0 atom stereocenters. The van der Waals surface area contributed by atoms with Crippen molar-refractivity contribution in [2.75, 3.05) is 26.3 Å². The molecule has 1 aliphatic rings. The topological polar surface area (TPSA) is 95.9 Å². The molecule has 0 unspecified atom stereocenters. The van der Waals surface area contributed by atoms with Crippen molar-refractivity contribution >= 4 is 21.6 Å². The van der Waals surface area contributed by atoms with Crippen LogP contribution in [-0.2, 0) is 11.3 Å². The number of pyridine rings is 1. The Morgan fingerprint density at radius 1 is 1.21 bits per heavy atom. The summed E-state index contributed by atoms with van der Waals surface area (Å²) in [6.45, 7) is 8.44. The molecule has 0 spiro atoms. The van der Waals surface area contributed by atoms with Crippen LogP contribution in [-0.4, -0.2) is 61.5 Å². The van der Waals surface area contributed by atoms with Crippen molar-refractivity contribution in [2.45, 2.75) is 20.4 Å². The fourth-order valence-electron chi connectivity index (χ4n) is 3.47. The maximum absolute atomic E-state index is 5.47. The van der Waals surface area contributed by atoms with Crippen molar-refractivity contribution in [1.82, 2.24) is 35.2 Å². The number of morpholine rings is 1. The van der Waals surface area contributed by atoms with Gasteiger partial charge >= 0.3 is 0 Å².